The lowest BCUT2D eigenvalue weighted by atomic mass is 10.4. The molecule has 0 atom stereocenters. The van der Waals surface area contributed by atoms with Crippen LogP contribution in [0.1, 0.15) is 33.6 Å². The predicted octanol–water partition coefficient (Wildman–Crippen LogP) is 1.22. The van der Waals surface area contributed by atoms with E-state index in [-0.39, 0.29) is 11.8 Å². The lowest BCUT2D eigenvalue weighted by Crippen LogP contribution is -2.31. The predicted molar refractivity (Wildman–Crippen MR) is 74.3 cm³/mol. The molecule has 0 rings (SSSR count). The molecule has 0 aromatic carbocycles. The van der Waals surface area contributed by atoms with E-state index in [2.05, 4.69) is 15.3 Å². The highest BCUT2D eigenvalue weighted by atomic mass is 16.6. The first-order valence-corrected chi connectivity index (χ1v) is 6.09. The summed E-state index contributed by atoms with van der Waals surface area (Å²) in [5, 5.41) is 12.8. The van der Waals surface area contributed by atoms with Crippen LogP contribution in [0.25, 0.3) is 0 Å². The molecule has 108 valence electrons. The van der Waals surface area contributed by atoms with Gasteiger partial charge in [0.1, 0.15) is 5.84 Å². The molecular weight excluding hydrogens is 250 g/mol. The molecule has 0 unspecified atom stereocenters. The van der Waals surface area contributed by atoms with Crippen LogP contribution < -0.4 is 11.1 Å². The van der Waals surface area contributed by atoms with Gasteiger partial charge in [0.15, 0.2) is 5.82 Å². The van der Waals surface area contributed by atoms with E-state index in [0.29, 0.717) is 25.2 Å². The molecule has 0 aliphatic rings. The second-order valence-corrected chi connectivity index (χ2v) is 3.64. The summed E-state index contributed by atoms with van der Waals surface area (Å²) in [5.74, 6) is 0.361. The minimum absolute atomic E-state index is 0.110. The molecule has 8 nitrogen and oxygen atoms in total. The maximum absolute atomic E-state index is 10.3. The summed E-state index contributed by atoms with van der Waals surface area (Å²) < 4.78 is 5.37. The number of aliphatic imine (C=N–C) groups is 2. The second-order valence-electron chi connectivity index (χ2n) is 3.64. The molecule has 0 aliphatic heterocycles. The van der Waals surface area contributed by atoms with Crippen molar-refractivity contribution in [1.82, 2.24) is 5.32 Å². The zero-order chi connectivity index (χ0) is 14.7. The average Bonchev–Trinajstić information content (AvgIpc) is 2.28. The number of rotatable bonds is 6. The van der Waals surface area contributed by atoms with Gasteiger partial charge < -0.3 is 10.5 Å². The third kappa shape index (κ3) is 9.57. The van der Waals surface area contributed by atoms with E-state index >= 15 is 0 Å². The Balaban J connectivity index is 4.76. The smallest absolute Gasteiger partial charge is 0.296 e. The van der Waals surface area contributed by atoms with Gasteiger partial charge in [-0.25, -0.2) is 0 Å². The summed E-state index contributed by atoms with van der Waals surface area (Å²) in [6, 6.07) is 0.110. The van der Waals surface area contributed by atoms with Gasteiger partial charge in [0, 0.05) is 6.54 Å². The minimum atomic E-state index is -0.654. The lowest BCUT2D eigenvalue weighted by Gasteiger charge is -2.10. The summed E-state index contributed by atoms with van der Waals surface area (Å²) >= 11 is 0. The summed E-state index contributed by atoms with van der Waals surface area (Å²) in [6.45, 7) is 6.66. The molecule has 0 aliphatic carbocycles. The molecule has 0 spiro atoms. The molecule has 0 radical (unpaired) electrons. The van der Waals surface area contributed by atoms with Crippen LogP contribution in [0.5, 0.6) is 0 Å². The first kappa shape index (κ1) is 16.9. The molecule has 19 heavy (non-hydrogen) atoms. The largest absolute Gasteiger partial charge is 0.465 e. The highest BCUT2D eigenvalue weighted by Gasteiger charge is 2.05. The number of ether oxygens (including phenoxy) is 1. The Morgan fingerprint density at radius 2 is 2.21 bits per heavy atom. The fourth-order valence-electron chi connectivity index (χ4n) is 1.09. The van der Waals surface area contributed by atoms with Crippen molar-refractivity contribution in [3.05, 3.63) is 22.1 Å². The molecule has 8 heteroatoms. The average molecular weight is 271 g/mol. The van der Waals surface area contributed by atoms with Gasteiger partial charge in [-0.05, 0) is 20.3 Å². The van der Waals surface area contributed by atoms with Crippen molar-refractivity contribution in [2.75, 3.05) is 13.2 Å². The lowest BCUT2D eigenvalue weighted by molar-refractivity contribution is -0.403. The number of nitrogens with two attached hydrogens (primary N) is 1. The second kappa shape index (κ2) is 9.86. The van der Waals surface area contributed by atoms with Crippen LogP contribution in [-0.2, 0) is 4.74 Å². The number of hydrogen-bond donors (Lipinski definition) is 2. The van der Waals surface area contributed by atoms with Crippen molar-refractivity contribution in [3.63, 3.8) is 0 Å². The van der Waals surface area contributed by atoms with Gasteiger partial charge in [-0.15, -0.1) is 0 Å². The monoisotopic (exact) mass is 271 g/mol. The highest BCUT2D eigenvalue weighted by Crippen LogP contribution is 1.92. The Bertz CT molecular complexity index is 377. The van der Waals surface area contributed by atoms with Gasteiger partial charge >= 0.3 is 0 Å². The van der Waals surface area contributed by atoms with Gasteiger partial charge in [0.25, 0.3) is 12.2 Å². The van der Waals surface area contributed by atoms with Gasteiger partial charge in [-0.1, -0.05) is 13.3 Å². The topological polar surface area (TPSA) is 115 Å². The maximum Gasteiger partial charge on any atom is 0.296 e. The third-order valence-corrected chi connectivity index (χ3v) is 1.88. The zero-order valence-electron chi connectivity index (χ0n) is 11.5. The molecule has 0 saturated heterocycles. The number of hydrogen-bond acceptors (Lipinski definition) is 5. The fourth-order valence-corrected chi connectivity index (χ4v) is 1.09. The molecule has 0 aromatic heterocycles. The third-order valence-electron chi connectivity index (χ3n) is 1.88. The van der Waals surface area contributed by atoms with Gasteiger partial charge in [-0.3, -0.25) is 20.4 Å². The number of nitro groups is 1. The van der Waals surface area contributed by atoms with Crippen LogP contribution in [0.2, 0.25) is 0 Å². The molecule has 0 bridgehead atoms. The summed E-state index contributed by atoms with van der Waals surface area (Å²) in [4.78, 5) is 17.8. The van der Waals surface area contributed by atoms with Crippen LogP contribution in [0.4, 0.5) is 0 Å². The molecule has 0 fully saturated rings. The normalized spacial score (nSPS) is 13.3. The summed E-state index contributed by atoms with van der Waals surface area (Å²) in [6.07, 6.45) is 2.46. The van der Waals surface area contributed by atoms with Crippen molar-refractivity contribution < 1.29 is 9.66 Å². The van der Waals surface area contributed by atoms with Crippen LogP contribution in [0.15, 0.2) is 22.0 Å². The zero-order valence-corrected chi connectivity index (χ0v) is 11.5. The number of amidine groups is 2. The van der Waals surface area contributed by atoms with Crippen molar-refractivity contribution in [1.29, 1.82) is 0 Å². The van der Waals surface area contributed by atoms with Crippen molar-refractivity contribution in [2.45, 2.75) is 33.6 Å². The van der Waals surface area contributed by atoms with E-state index < -0.39 is 4.92 Å². The summed E-state index contributed by atoms with van der Waals surface area (Å²) in [5.41, 5.74) is 5.44. The Kier molecular flexibility index (Phi) is 8.76. The Labute approximate surface area is 112 Å². The van der Waals surface area contributed by atoms with E-state index in [1.807, 2.05) is 13.8 Å². The van der Waals surface area contributed by atoms with Crippen molar-refractivity contribution >= 4 is 11.9 Å². The standard InChI is InChI=1S/C11H21N5O3/c1-4-6-7-19-11(14-9(3)13-5-2)15-10(12)8-16(17)18/h8H,4-7,12H2,1-3H3,(H,13,14,15)/b10-8-. The van der Waals surface area contributed by atoms with Crippen LogP contribution in [0.3, 0.4) is 0 Å². The molecule has 0 saturated carbocycles. The number of nitrogens with zero attached hydrogens (tertiary/aromatic N) is 3. The molecular formula is C11H21N5O3. The van der Waals surface area contributed by atoms with Crippen LogP contribution in [0, 0.1) is 10.1 Å². The maximum atomic E-state index is 10.3. The quantitative estimate of drug-likeness (QED) is 0.248. The van der Waals surface area contributed by atoms with E-state index in [0.717, 1.165) is 12.8 Å². The van der Waals surface area contributed by atoms with Crippen LogP contribution >= 0.6 is 0 Å². The van der Waals surface area contributed by atoms with Crippen molar-refractivity contribution in [3.8, 4) is 0 Å². The van der Waals surface area contributed by atoms with Crippen LogP contribution in [-0.4, -0.2) is 29.9 Å². The van der Waals surface area contributed by atoms with Gasteiger partial charge in [0.2, 0.25) is 0 Å². The van der Waals surface area contributed by atoms with Crippen molar-refractivity contribution in [2.24, 2.45) is 15.7 Å². The SMILES string of the molecule is CCCCOC(=NC(C)=NCC)N/C(N)=C\[N+](=O)[O-]. The molecule has 3 N–H and O–H groups in total. The Hall–Kier alpha value is -2.12. The Morgan fingerprint density at radius 1 is 1.53 bits per heavy atom. The first-order chi connectivity index (χ1) is 8.99. The first-order valence-electron chi connectivity index (χ1n) is 6.09. The molecule has 0 amide bonds. The fraction of sp³-hybridized carbons (Fsp3) is 0.636. The van der Waals surface area contributed by atoms with E-state index in [1.165, 1.54) is 0 Å². The van der Waals surface area contributed by atoms with Gasteiger partial charge in [0.05, 0.1) is 11.5 Å². The summed E-state index contributed by atoms with van der Waals surface area (Å²) in [7, 11) is 0. The molecule has 0 heterocycles. The highest BCUT2D eigenvalue weighted by molar-refractivity contribution is 5.92. The van der Waals surface area contributed by atoms with E-state index in [4.69, 9.17) is 10.5 Å². The molecule has 0 aromatic rings. The van der Waals surface area contributed by atoms with E-state index in [9.17, 15) is 10.1 Å². The van der Waals surface area contributed by atoms with Gasteiger partial charge in [-0.2, -0.15) is 4.99 Å². The minimum Gasteiger partial charge on any atom is -0.465 e. The number of unbranched alkanes of at least 4 members (excludes halogenated alkanes) is 1. The Morgan fingerprint density at radius 3 is 2.74 bits per heavy atom. The van der Waals surface area contributed by atoms with E-state index in [1.54, 1.807) is 6.92 Å². The number of nitrogens with one attached hydrogen (secondary N) is 1.